The Balaban J connectivity index is 1.66. The number of hydrogen-bond acceptors (Lipinski definition) is 12. The van der Waals surface area contributed by atoms with Crippen molar-refractivity contribution < 1.29 is 59.0 Å². The summed E-state index contributed by atoms with van der Waals surface area (Å²) >= 11 is 0. The van der Waals surface area contributed by atoms with E-state index >= 15 is 0 Å². The Bertz CT molecular complexity index is 1660. The van der Waals surface area contributed by atoms with Gasteiger partial charge in [-0.3, -0.25) is 19.2 Å². The van der Waals surface area contributed by atoms with Gasteiger partial charge in [-0.15, -0.1) is 0 Å². The lowest BCUT2D eigenvalue weighted by atomic mass is 9.79. The Morgan fingerprint density at radius 1 is 0.820 bits per heavy atom. The number of aliphatic hydroxyl groups is 5. The van der Waals surface area contributed by atoms with E-state index in [1.807, 2.05) is 26.0 Å². The van der Waals surface area contributed by atoms with E-state index < -0.39 is 83.5 Å². The first-order chi connectivity index (χ1) is 28.7. The summed E-state index contributed by atoms with van der Waals surface area (Å²) in [7, 11) is 0. The highest BCUT2D eigenvalue weighted by atomic mass is 16.6. The molecule has 0 spiro atoms. The van der Waals surface area contributed by atoms with Crippen LogP contribution in [-0.4, -0.2) is 115 Å². The molecule has 1 aliphatic carbocycles. The summed E-state index contributed by atoms with van der Waals surface area (Å²) in [6.45, 7) is 12.2. The van der Waals surface area contributed by atoms with Crippen molar-refractivity contribution in [1.29, 1.82) is 0 Å². The summed E-state index contributed by atoms with van der Waals surface area (Å²) in [4.78, 5) is 70.6. The van der Waals surface area contributed by atoms with Gasteiger partial charge in [0.2, 0.25) is 5.79 Å². The number of amides is 1. The second kappa shape index (κ2) is 22.9. The highest BCUT2D eigenvalue weighted by molar-refractivity contribution is 6.39. The van der Waals surface area contributed by atoms with Crippen LogP contribution in [0.1, 0.15) is 132 Å². The SMILES string of the molecule is C/C1=C\[C@@H](C)C(=O)C[C@@H]([C@H](C)C[C@H]2CC[C@H](O)CC2)OC(=O)[C@@H]2CCCCN2C(=O)C(=O)[C@]2(O)O[C@@H](CC[C@H]2C)C[C@H](O)/C(C)=C/C=C/C=C/[C@@H](C)C[C@@H](C)C(=O)[C@H](O)[C@@H]1O. The summed E-state index contributed by atoms with van der Waals surface area (Å²) in [5.74, 6) is -8.51. The predicted molar refractivity (Wildman–Crippen MR) is 229 cm³/mol. The molecule has 342 valence electrons. The van der Waals surface area contributed by atoms with Crippen molar-refractivity contribution in [2.45, 2.75) is 180 Å². The lowest BCUT2D eigenvalue weighted by Gasteiger charge is -2.42. The highest BCUT2D eigenvalue weighted by Gasteiger charge is 2.53. The molecule has 3 heterocycles. The van der Waals surface area contributed by atoms with Crippen LogP contribution in [0.2, 0.25) is 0 Å². The number of cyclic esters (lactones) is 1. The third-order valence-corrected chi connectivity index (χ3v) is 13.6. The van der Waals surface area contributed by atoms with Crippen LogP contribution in [0.5, 0.6) is 0 Å². The molecular formula is C48H73NO12. The first-order valence-corrected chi connectivity index (χ1v) is 22.7. The molecule has 2 bridgehead atoms. The van der Waals surface area contributed by atoms with Gasteiger partial charge in [0.1, 0.15) is 30.1 Å². The number of fused-ring (bicyclic) bond motifs is 3. The number of hydrogen-bond donors (Lipinski definition) is 5. The van der Waals surface area contributed by atoms with Crippen LogP contribution in [0.3, 0.4) is 0 Å². The number of rotatable bonds is 3. The minimum atomic E-state index is -2.48. The van der Waals surface area contributed by atoms with Crippen LogP contribution in [0.15, 0.2) is 47.6 Å². The molecule has 13 heteroatoms. The zero-order chi connectivity index (χ0) is 45.2. The first-order valence-electron chi connectivity index (χ1n) is 22.7. The highest BCUT2D eigenvalue weighted by Crippen LogP contribution is 2.37. The quantitative estimate of drug-likeness (QED) is 0.140. The Morgan fingerprint density at radius 2 is 1.51 bits per heavy atom. The minimum absolute atomic E-state index is 0.0528. The summed E-state index contributed by atoms with van der Waals surface area (Å²) in [6, 6.07) is -1.15. The molecule has 4 rings (SSSR count). The molecule has 3 fully saturated rings. The van der Waals surface area contributed by atoms with E-state index in [9.17, 15) is 49.5 Å². The fourth-order valence-corrected chi connectivity index (χ4v) is 9.34. The van der Waals surface area contributed by atoms with Crippen LogP contribution in [0.4, 0.5) is 0 Å². The van der Waals surface area contributed by atoms with Crippen molar-refractivity contribution in [3.05, 3.63) is 47.6 Å². The summed E-state index contributed by atoms with van der Waals surface area (Å²) in [6.07, 6.45) is 10.2. The van der Waals surface area contributed by atoms with Crippen LogP contribution >= 0.6 is 0 Å². The summed E-state index contributed by atoms with van der Waals surface area (Å²) in [5.41, 5.74) is 0.860. The van der Waals surface area contributed by atoms with Crippen molar-refractivity contribution in [1.82, 2.24) is 4.90 Å². The van der Waals surface area contributed by atoms with E-state index in [-0.39, 0.29) is 61.0 Å². The molecule has 3 aliphatic heterocycles. The third-order valence-electron chi connectivity index (χ3n) is 13.6. The maximum atomic E-state index is 14.2. The van der Waals surface area contributed by atoms with Gasteiger partial charge in [0.15, 0.2) is 5.78 Å². The maximum absolute atomic E-state index is 14.2. The lowest BCUT2D eigenvalue weighted by molar-refractivity contribution is -0.265. The van der Waals surface area contributed by atoms with E-state index in [2.05, 4.69) is 0 Å². The average Bonchev–Trinajstić information content (AvgIpc) is 3.23. The lowest BCUT2D eigenvalue weighted by Crippen LogP contribution is -2.61. The fraction of sp³-hybridized carbons (Fsp3) is 0.729. The molecule has 13 nitrogen and oxygen atoms in total. The molecule has 0 unspecified atom stereocenters. The number of allylic oxidation sites excluding steroid dienone is 6. The van der Waals surface area contributed by atoms with E-state index in [0.29, 0.717) is 56.9 Å². The normalized spacial score (nSPS) is 41.0. The first kappa shape index (κ1) is 50.3. The predicted octanol–water partition coefficient (Wildman–Crippen LogP) is 5.25. The molecule has 61 heavy (non-hydrogen) atoms. The largest absolute Gasteiger partial charge is 0.460 e. The van der Waals surface area contributed by atoms with Gasteiger partial charge >= 0.3 is 5.97 Å². The molecule has 4 aliphatic rings. The topological polar surface area (TPSA) is 208 Å². The number of aliphatic hydroxyl groups excluding tert-OH is 4. The third kappa shape index (κ3) is 13.6. The van der Waals surface area contributed by atoms with Crippen molar-refractivity contribution in [2.75, 3.05) is 6.54 Å². The Hall–Kier alpha value is -3.33. The molecule has 12 atom stereocenters. The van der Waals surface area contributed by atoms with E-state index in [1.54, 1.807) is 52.8 Å². The molecule has 0 radical (unpaired) electrons. The summed E-state index contributed by atoms with van der Waals surface area (Å²) < 4.78 is 12.2. The monoisotopic (exact) mass is 856 g/mol. The number of carbonyl (C=O) groups excluding carboxylic acids is 5. The van der Waals surface area contributed by atoms with Gasteiger partial charge in [0.25, 0.3) is 11.7 Å². The zero-order valence-electron chi connectivity index (χ0n) is 37.4. The number of esters is 1. The van der Waals surface area contributed by atoms with Gasteiger partial charge in [-0.1, -0.05) is 71.1 Å². The molecular weight excluding hydrogens is 783 g/mol. The number of ketones is 3. The van der Waals surface area contributed by atoms with Crippen LogP contribution in [0, 0.1) is 35.5 Å². The summed E-state index contributed by atoms with van der Waals surface area (Å²) in [5, 5.41) is 54.9. The number of carbonyl (C=O) groups is 5. The molecule has 0 aromatic heterocycles. The van der Waals surface area contributed by atoms with E-state index in [0.717, 1.165) is 17.7 Å². The van der Waals surface area contributed by atoms with Gasteiger partial charge in [-0.25, -0.2) is 4.79 Å². The van der Waals surface area contributed by atoms with E-state index in [4.69, 9.17) is 9.47 Å². The molecule has 5 N–H and O–H groups in total. The minimum Gasteiger partial charge on any atom is -0.460 e. The molecule has 1 saturated carbocycles. The number of ether oxygens (including phenoxy) is 2. The average molecular weight is 856 g/mol. The Labute approximate surface area is 362 Å². The number of nitrogens with zero attached hydrogens (tertiary/aromatic N) is 1. The van der Waals surface area contributed by atoms with Crippen LogP contribution in [0.25, 0.3) is 0 Å². The molecule has 0 aromatic rings. The number of piperidine rings is 1. The van der Waals surface area contributed by atoms with Crippen LogP contribution in [-0.2, 0) is 33.4 Å². The van der Waals surface area contributed by atoms with Gasteiger partial charge in [0.05, 0.1) is 18.3 Å². The molecule has 0 aromatic carbocycles. The molecule has 2 saturated heterocycles. The van der Waals surface area contributed by atoms with Gasteiger partial charge < -0.3 is 39.9 Å². The van der Waals surface area contributed by atoms with Crippen molar-refractivity contribution in [2.24, 2.45) is 35.5 Å². The van der Waals surface area contributed by atoms with Crippen molar-refractivity contribution >= 4 is 29.2 Å². The van der Waals surface area contributed by atoms with Crippen LogP contribution < -0.4 is 0 Å². The van der Waals surface area contributed by atoms with Gasteiger partial charge in [-0.05, 0) is 113 Å². The maximum Gasteiger partial charge on any atom is 0.329 e. The van der Waals surface area contributed by atoms with Gasteiger partial charge in [-0.2, -0.15) is 0 Å². The number of Topliss-reactive ketones (excluding diaryl/α,β-unsaturated/α-hetero) is 3. The molecule has 1 amide bonds. The standard InChI is InChI=1S/C48H73NO12/c1-28-13-9-8-10-14-29(2)39(51)26-37-21-16-34(7)48(59,61-37)45(56)46(57)49-22-12-11-15-38(49)47(58)60-41(31(4)25-35-17-19-36(50)20-18-35)27-40(52)30(3)24-33(6)43(54)44(55)42(53)32(5)23-28/h8-10,13-14,24,28,30-32,34-39,41,43-44,50-51,54-55,59H,11-12,15-23,25-27H2,1-7H3/b10-8+,13-9+,29-14+,33-24+/t28-,30-,31-,32-,34-,35-,36-,37+,38+,39+,41+,43-,44+,48-/m1/s1. The Morgan fingerprint density at radius 3 is 2.20 bits per heavy atom. The van der Waals surface area contributed by atoms with Crippen molar-refractivity contribution in [3.8, 4) is 0 Å². The van der Waals surface area contributed by atoms with E-state index in [1.165, 1.54) is 6.08 Å². The zero-order valence-corrected chi connectivity index (χ0v) is 37.4. The second-order valence-electron chi connectivity index (χ2n) is 18.8. The Kier molecular flexibility index (Phi) is 18.8. The smallest absolute Gasteiger partial charge is 0.329 e. The second-order valence-corrected chi connectivity index (χ2v) is 18.8. The van der Waals surface area contributed by atoms with Crippen molar-refractivity contribution in [3.63, 3.8) is 0 Å². The fourth-order valence-electron chi connectivity index (χ4n) is 9.34. The van der Waals surface area contributed by atoms with Gasteiger partial charge in [0, 0.05) is 37.1 Å².